The molecule has 0 aromatic rings. The van der Waals surface area contributed by atoms with Crippen LogP contribution >= 0.6 is 11.8 Å². The average Bonchev–Trinajstić information content (AvgIpc) is 2.98. The van der Waals surface area contributed by atoms with Crippen molar-refractivity contribution in [1.82, 2.24) is 4.90 Å². The van der Waals surface area contributed by atoms with E-state index in [0.717, 1.165) is 57.2 Å². The zero-order chi connectivity index (χ0) is 22.6. The fourth-order valence-electron chi connectivity index (χ4n) is 2.93. The minimum absolute atomic E-state index is 0.0928. The first-order valence-corrected chi connectivity index (χ1v) is 12.0. The Morgan fingerprint density at radius 3 is 2.23 bits per heavy atom. The lowest BCUT2D eigenvalue weighted by molar-refractivity contribution is -0.138. The van der Waals surface area contributed by atoms with Crippen LogP contribution in [0.4, 0.5) is 4.39 Å². The predicted molar refractivity (Wildman–Crippen MR) is 119 cm³/mol. The van der Waals surface area contributed by atoms with Gasteiger partial charge >= 0.3 is 6.04 Å². The maximum atomic E-state index is 12.2. The third-order valence-electron chi connectivity index (χ3n) is 4.65. The van der Waals surface area contributed by atoms with Crippen LogP contribution in [0.1, 0.15) is 77.0 Å². The summed E-state index contributed by atoms with van der Waals surface area (Å²) in [5, 5.41) is -0.291. The zero-order valence-electron chi connectivity index (χ0n) is 18.0. The molecule has 174 valence electrons. The van der Waals surface area contributed by atoms with Crippen molar-refractivity contribution < 1.29 is 23.6 Å². The maximum Gasteiger partial charge on any atom is 0.301 e. The number of rotatable bonds is 17. The van der Waals surface area contributed by atoms with Gasteiger partial charge in [0.25, 0.3) is 0 Å². The molecule has 1 atom stereocenters. The molecule has 4 N–H and O–H groups in total. The molecule has 7 nitrogen and oxygen atoms in total. The molecule has 2 amide bonds. The molecule has 1 aliphatic heterocycles. The number of nitrogens with zero attached hydrogens (tertiary/aromatic N) is 1. The lowest BCUT2D eigenvalue weighted by Gasteiger charge is -2.14. The topological polar surface area (TPSA) is 124 Å². The van der Waals surface area contributed by atoms with Crippen molar-refractivity contribution in [2.24, 2.45) is 11.5 Å². The van der Waals surface area contributed by atoms with Gasteiger partial charge in [0.1, 0.15) is 6.29 Å². The van der Waals surface area contributed by atoms with Gasteiger partial charge in [-0.2, -0.15) is 4.39 Å². The number of unbranched alkanes of at least 4 members (excludes halogenated alkanes) is 7. The molecule has 0 radical (unpaired) electrons. The van der Waals surface area contributed by atoms with Gasteiger partial charge in [0.15, 0.2) is 0 Å². The summed E-state index contributed by atoms with van der Waals surface area (Å²) >= 11 is 1.51. The highest BCUT2D eigenvalue weighted by atomic mass is 32.2. The quantitative estimate of drug-likeness (QED) is 0.152. The Hall–Kier alpha value is -1.32. The van der Waals surface area contributed by atoms with Crippen molar-refractivity contribution >= 4 is 35.9 Å². The van der Waals surface area contributed by atoms with Crippen molar-refractivity contribution in [3.8, 4) is 0 Å². The Balaban J connectivity index is 0.00000103. The standard InChI is InChI=1S/C16H24FNO4S.C5H14N2/c17-14(20)8-4-3-5-9-18-15(21)12-13(16(18)22)23-11-7-2-1-6-10-19;6-4-2-1-3-5-7/h10,13H,1-9,11-12H2;1-7H2. The Morgan fingerprint density at radius 1 is 1.00 bits per heavy atom. The van der Waals surface area contributed by atoms with Gasteiger partial charge in [-0.3, -0.25) is 19.3 Å². The summed E-state index contributed by atoms with van der Waals surface area (Å²) in [4.78, 5) is 45.7. The van der Waals surface area contributed by atoms with Gasteiger partial charge in [0.05, 0.1) is 5.25 Å². The van der Waals surface area contributed by atoms with Crippen LogP contribution < -0.4 is 11.5 Å². The number of aldehydes is 1. The molecule has 1 unspecified atom stereocenters. The van der Waals surface area contributed by atoms with Crippen LogP contribution in [0.25, 0.3) is 0 Å². The van der Waals surface area contributed by atoms with Crippen molar-refractivity contribution in [2.45, 2.75) is 82.3 Å². The summed E-state index contributed by atoms with van der Waals surface area (Å²) in [6, 6.07) is -1.32. The lowest BCUT2D eigenvalue weighted by Crippen LogP contribution is -2.32. The SMILES string of the molecule is NCCCCCN.O=CCCCCCSC1CC(=O)N(CCCCCC(=O)F)C1=O. The second-order valence-electron chi connectivity index (χ2n) is 7.27. The van der Waals surface area contributed by atoms with E-state index in [-0.39, 0.29) is 29.9 Å². The Bertz CT molecular complexity index is 505. The molecule has 1 fully saturated rings. The number of amides is 2. The molecule has 1 rings (SSSR count). The first-order valence-electron chi connectivity index (χ1n) is 11.0. The highest BCUT2D eigenvalue weighted by molar-refractivity contribution is 8.00. The van der Waals surface area contributed by atoms with Gasteiger partial charge in [-0.25, -0.2) is 0 Å². The average molecular weight is 448 g/mol. The van der Waals surface area contributed by atoms with E-state index >= 15 is 0 Å². The van der Waals surface area contributed by atoms with Crippen molar-refractivity contribution in [1.29, 1.82) is 0 Å². The first-order chi connectivity index (χ1) is 14.5. The second-order valence-corrected chi connectivity index (χ2v) is 8.58. The number of carbonyl (C=O) groups excluding carboxylic acids is 4. The minimum atomic E-state index is -1.32. The largest absolute Gasteiger partial charge is 0.330 e. The number of carbonyl (C=O) groups is 4. The molecule has 9 heteroatoms. The van der Waals surface area contributed by atoms with Crippen LogP contribution in [0.5, 0.6) is 0 Å². The molecule has 0 aliphatic carbocycles. The lowest BCUT2D eigenvalue weighted by atomic mass is 10.2. The summed E-state index contributed by atoms with van der Waals surface area (Å²) in [7, 11) is 0. The molecule has 30 heavy (non-hydrogen) atoms. The van der Waals surface area contributed by atoms with Gasteiger partial charge in [0, 0.05) is 25.8 Å². The normalized spacial score (nSPS) is 15.8. The summed E-state index contributed by atoms with van der Waals surface area (Å²) in [6.07, 6.45) is 9.52. The fourth-order valence-corrected chi connectivity index (χ4v) is 4.11. The molecule has 0 aromatic heterocycles. The van der Waals surface area contributed by atoms with E-state index in [1.807, 2.05) is 0 Å². The van der Waals surface area contributed by atoms with E-state index in [9.17, 15) is 23.6 Å². The van der Waals surface area contributed by atoms with Crippen LogP contribution in [-0.4, -0.2) is 59.7 Å². The Kier molecular flexibility index (Phi) is 18.8. The van der Waals surface area contributed by atoms with E-state index in [1.54, 1.807) is 0 Å². The number of imide groups is 1. The van der Waals surface area contributed by atoms with Crippen LogP contribution in [-0.2, 0) is 19.2 Å². The van der Waals surface area contributed by atoms with Gasteiger partial charge in [-0.05, 0) is 57.4 Å². The van der Waals surface area contributed by atoms with Gasteiger partial charge in [0.2, 0.25) is 11.8 Å². The number of halogens is 1. The number of hydrogen-bond donors (Lipinski definition) is 2. The maximum absolute atomic E-state index is 12.2. The van der Waals surface area contributed by atoms with Crippen molar-refractivity contribution in [2.75, 3.05) is 25.4 Å². The van der Waals surface area contributed by atoms with Gasteiger partial charge in [-0.15, -0.1) is 11.8 Å². The van der Waals surface area contributed by atoms with Crippen LogP contribution in [0, 0.1) is 0 Å². The third kappa shape index (κ3) is 14.6. The number of likely N-dealkylation sites (tertiary alicyclic amines) is 1. The molecule has 1 saturated heterocycles. The molecule has 0 bridgehead atoms. The number of hydrogen-bond acceptors (Lipinski definition) is 7. The van der Waals surface area contributed by atoms with Crippen LogP contribution in [0.3, 0.4) is 0 Å². The second kappa shape index (κ2) is 19.6. The van der Waals surface area contributed by atoms with E-state index in [2.05, 4.69) is 0 Å². The molecule has 1 aliphatic rings. The predicted octanol–water partition coefficient (Wildman–Crippen LogP) is 2.74. The van der Waals surface area contributed by atoms with E-state index < -0.39 is 6.04 Å². The molecular formula is C21H38FN3O4S. The highest BCUT2D eigenvalue weighted by Gasteiger charge is 2.38. The zero-order valence-corrected chi connectivity index (χ0v) is 18.8. The van der Waals surface area contributed by atoms with Gasteiger partial charge < -0.3 is 16.3 Å². The van der Waals surface area contributed by atoms with Crippen LogP contribution in [0.2, 0.25) is 0 Å². The molecule has 0 saturated carbocycles. The van der Waals surface area contributed by atoms with E-state index in [4.69, 9.17) is 11.5 Å². The van der Waals surface area contributed by atoms with Crippen molar-refractivity contribution in [3.63, 3.8) is 0 Å². The number of thioether (sulfide) groups is 1. The van der Waals surface area contributed by atoms with Gasteiger partial charge in [-0.1, -0.05) is 19.3 Å². The molecule has 0 aromatic carbocycles. The molecule has 1 heterocycles. The number of nitrogens with two attached hydrogens (primary N) is 2. The molecular weight excluding hydrogens is 409 g/mol. The Labute approximate surface area is 183 Å². The highest BCUT2D eigenvalue weighted by Crippen LogP contribution is 2.26. The summed E-state index contributed by atoms with van der Waals surface area (Å²) in [5.74, 6) is 0.541. The summed E-state index contributed by atoms with van der Waals surface area (Å²) < 4.78 is 12.0. The third-order valence-corrected chi connectivity index (χ3v) is 5.95. The van der Waals surface area contributed by atoms with E-state index in [1.165, 1.54) is 23.1 Å². The van der Waals surface area contributed by atoms with E-state index in [0.29, 0.717) is 32.2 Å². The monoisotopic (exact) mass is 447 g/mol. The molecule has 0 spiro atoms. The summed E-state index contributed by atoms with van der Waals surface area (Å²) in [6.45, 7) is 1.97. The van der Waals surface area contributed by atoms with Crippen LogP contribution in [0.15, 0.2) is 0 Å². The fraction of sp³-hybridized carbons (Fsp3) is 0.810. The van der Waals surface area contributed by atoms with Crippen molar-refractivity contribution in [3.05, 3.63) is 0 Å². The Morgan fingerprint density at radius 2 is 1.63 bits per heavy atom. The smallest absolute Gasteiger partial charge is 0.301 e. The minimum Gasteiger partial charge on any atom is -0.330 e. The first kappa shape index (κ1) is 28.7. The summed E-state index contributed by atoms with van der Waals surface area (Å²) in [5.41, 5.74) is 10.5.